The summed E-state index contributed by atoms with van der Waals surface area (Å²) in [6.07, 6.45) is 0.249. The van der Waals surface area contributed by atoms with Crippen molar-refractivity contribution in [1.29, 1.82) is 0 Å². The van der Waals surface area contributed by atoms with E-state index < -0.39 is 0 Å². The largest absolute Gasteiger partial charge is 0.441 e. The average molecular weight is 286 g/mol. The number of rotatable bonds is 5. The van der Waals surface area contributed by atoms with E-state index in [1.165, 1.54) is 0 Å². The summed E-state index contributed by atoms with van der Waals surface area (Å²) in [6, 6.07) is 9.85. The quantitative estimate of drug-likeness (QED) is 0.917. The Morgan fingerprint density at radius 2 is 1.90 bits per heavy atom. The van der Waals surface area contributed by atoms with E-state index in [4.69, 9.17) is 4.42 Å². The van der Waals surface area contributed by atoms with Gasteiger partial charge in [-0.3, -0.25) is 4.79 Å². The van der Waals surface area contributed by atoms with Crippen molar-refractivity contribution >= 4 is 5.91 Å². The predicted octanol–water partition coefficient (Wildman–Crippen LogP) is 3.35. The number of amides is 1. The Bertz CT molecular complexity index is 603. The molecule has 2 rings (SSSR count). The topological polar surface area (TPSA) is 55.1 Å². The second-order valence-electron chi connectivity index (χ2n) is 5.66. The molecule has 0 radical (unpaired) electrons. The Morgan fingerprint density at radius 1 is 1.24 bits per heavy atom. The van der Waals surface area contributed by atoms with Gasteiger partial charge in [0.05, 0.1) is 12.1 Å². The molecule has 1 amide bonds. The Kier molecular flexibility index (Phi) is 4.78. The van der Waals surface area contributed by atoms with Crippen LogP contribution < -0.4 is 5.32 Å². The van der Waals surface area contributed by atoms with E-state index in [9.17, 15) is 4.79 Å². The van der Waals surface area contributed by atoms with Crippen LogP contribution in [0.15, 0.2) is 34.7 Å². The van der Waals surface area contributed by atoms with Crippen LogP contribution in [0.1, 0.15) is 32.2 Å². The second kappa shape index (κ2) is 6.57. The van der Waals surface area contributed by atoms with Gasteiger partial charge in [0.1, 0.15) is 5.76 Å². The van der Waals surface area contributed by atoms with Gasteiger partial charge in [0, 0.05) is 11.6 Å². The van der Waals surface area contributed by atoms with Gasteiger partial charge in [-0.25, -0.2) is 4.98 Å². The lowest BCUT2D eigenvalue weighted by atomic mass is 10.1. The van der Waals surface area contributed by atoms with Crippen LogP contribution in [0.5, 0.6) is 0 Å². The van der Waals surface area contributed by atoms with E-state index >= 15 is 0 Å². The maximum Gasteiger partial charge on any atom is 0.226 e. The van der Waals surface area contributed by atoms with Crippen LogP contribution in [0.3, 0.4) is 0 Å². The number of carbonyl (C=O) groups is 1. The van der Waals surface area contributed by atoms with E-state index in [0.29, 0.717) is 23.3 Å². The highest BCUT2D eigenvalue weighted by Gasteiger charge is 2.16. The van der Waals surface area contributed by atoms with Gasteiger partial charge in [-0.1, -0.05) is 32.0 Å². The Morgan fingerprint density at radius 3 is 2.52 bits per heavy atom. The molecular weight excluding hydrogens is 264 g/mol. The number of hydrogen-bond donors (Lipinski definition) is 1. The smallest absolute Gasteiger partial charge is 0.226 e. The molecule has 0 fully saturated rings. The van der Waals surface area contributed by atoms with E-state index in [1.807, 2.05) is 44.2 Å². The van der Waals surface area contributed by atoms with Gasteiger partial charge >= 0.3 is 0 Å². The molecule has 0 aliphatic rings. The van der Waals surface area contributed by atoms with Crippen LogP contribution in [-0.4, -0.2) is 16.9 Å². The van der Waals surface area contributed by atoms with Gasteiger partial charge in [0.15, 0.2) is 0 Å². The minimum atomic E-state index is -0.0211. The zero-order valence-corrected chi connectivity index (χ0v) is 13.0. The van der Waals surface area contributed by atoms with Gasteiger partial charge in [-0.15, -0.1) is 0 Å². The molecule has 0 saturated heterocycles. The first-order valence-corrected chi connectivity index (χ1v) is 7.28. The first-order valence-electron chi connectivity index (χ1n) is 7.28. The first kappa shape index (κ1) is 15.3. The molecule has 0 spiro atoms. The summed E-state index contributed by atoms with van der Waals surface area (Å²) in [5.74, 6) is 1.65. The highest BCUT2D eigenvalue weighted by Crippen LogP contribution is 2.21. The molecule has 1 aromatic heterocycles. The summed E-state index contributed by atoms with van der Waals surface area (Å²) < 4.78 is 5.66. The third-order valence-electron chi connectivity index (χ3n) is 3.63. The molecule has 0 aliphatic heterocycles. The van der Waals surface area contributed by atoms with Crippen molar-refractivity contribution in [2.24, 2.45) is 5.92 Å². The molecule has 1 aromatic carbocycles. The summed E-state index contributed by atoms with van der Waals surface area (Å²) >= 11 is 0. The number of hydrogen-bond acceptors (Lipinski definition) is 3. The number of carbonyl (C=O) groups excluding carboxylic acids is 1. The minimum Gasteiger partial charge on any atom is -0.441 e. The molecule has 0 aliphatic carbocycles. The number of oxazole rings is 1. The van der Waals surface area contributed by atoms with Crippen molar-refractivity contribution in [2.75, 3.05) is 0 Å². The molecule has 112 valence electrons. The Labute approximate surface area is 125 Å². The lowest BCUT2D eigenvalue weighted by molar-refractivity contribution is -0.121. The summed E-state index contributed by atoms with van der Waals surface area (Å²) in [5, 5.41) is 2.98. The predicted molar refractivity (Wildman–Crippen MR) is 82.8 cm³/mol. The van der Waals surface area contributed by atoms with Crippen LogP contribution in [0.25, 0.3) is 11.5 Å². The average Bonchev–Trinajstić information content (AvgIpc) is 2.81. The molecule has 0 saturated carbocycles. The molecule has 1 N–H and O–H groups in total. The van der Waals surface area contributed by atoms with Gasteiger partial charge < -0.3 is 9.73 Å². The molecule has 1 atom stereocenters. The lowest BCUT2D eigenvalue weighted by Gasteiger charge is -2.16. The van der Waals surface area contributed by atoms with Crippen LogP contribution in [-0.2, 0) is 11.2 Å². The van der Waals surface area contributed by atoms with Gasteiger partial charge in [0.2, 0.25) is 11.8 Å². The van der Waals surface area contributed by atoms with Crippen molar-refractivity contribution in [3.8, 4) is 11.5 Å². The van der Waals surface area contributed by atoms with Crippen LogP contribution in [0.2, 0.25) is 0 Å². The SMILES string of the molecule is Cc1oc(-c2ccccc2)nc1CC(=O)N[C@@H](C)C(C)C. The zero-order valence-electron chi connectivity index (χ0n) is 13.0. The number of benzene rings is 1. The monoisotopic (exact) mass is 286 g/mol. The first-order chi connectivity index (χ1) is 9.97. The number of nitrogens with one attached hydrogen (secondary N) is 1. The molecule has 4 heteroatoms. The maximum atomic E-state index is 12.0. The Balaban J connectivity index is 2.08. The third-order valence-corrected chi connectivity index (χ3v) is 3.63. The summed E-state index contributed by atoms with van der Waals surface area (Å²) in [5.41, 5.74) is 1.62. The molecule has 2 aromatic rings. The van der Waals surface area contributed by atoms with Crippen LogP contribution >= 0.6 is 0 Å². The molecule has 1 heterocycles. The fourth-order valence-electron chi connectivity index (χ4n) is 1.92. The summed E-state index contributed by atoms with van der Waals surface area (Å²) in [4.78, 5) is 16.5. The number of nitrogens with zero attached hydrogens (tertiary/aromatic N) is 1. The van der Waals surface area contributed by atoms with E-state index in [2.05, 4.69) is 24.1 Å². The van der Waals surface area contributed by atoms with Crippen molar-refractivity contribution in [3.05, 3.63) is 41.8 Å². The molecule has 0 bridgehead atoms. The van der Waals surface area contributed by atoms with Gasteiger partial charge in [0.25, 0.3) is 0 Å². The van der Waals surface area contributed by atoms with Crippen LogP contribution in [0.4, 0.5) is 0 Å². The molecule has 4 nitrogen and oxygen atoms in total. The fraction of sp³-hybridized carbons (Fsp3) is 0.412. The fourth-order valence-corrected chi connectivity index (χ4v) is 1.92. The highest BCUT2D eigenvalue weighted by atomic mass is 16.4. The standard InChI is InChI=1S/C17H22N2O2/c1-11(2)12(3)18-16(20)10-15-13(4)21-17(19-15)14-8-6-5-7-9-14/h5-9,11-12H,10H2,1-4H3,(H,18,20)/t12-/m0/s1. The normalized spacial score (nSPS) is 12.4. The number of aromatic nitrogens is 1. The third kappa shape index (κ3) is 3.94. The minimum absolute atomic E-state index is 0.0211. The lowest BCUT2D eigenvalue weighted by Crippen LogP contribution is -2.37. The van der Waals surface area contributed by atoms with Crippen molar-refractivity contribution in [1.82, 2.24) is 10.3 Å². The summed E-state index contributed by atoms with van der Waals surface area (Å²) in [6.45, 7) is 8.02. The van der Waals surface area contributed by atoms with Crippen molar-refractivity contribution in [3.63, 3.8) is 0 Å². The van der Waals surface area contributed by atoms with E-state index in [1.54, 1.807) is 0 Å². The highest BCUT2D eigenvalue weighted by molar-refractivity contribution is 5.78. The maximum absolute atomic E-state index is 12.0. The molecule has 21 heavy (non-hydrogen) atoms. The van der Waals surface area contributed by atoms with Crippen LogP contribution in [0, 0.1) is 12.8 Å². The molecular formula is C17H22N2O2. The van der Waals surface area contributed by atoms with E-state index in [0.717, 1.165) is 5.56 Å². The van der Waals surface area contributed by atoms with Gasteiger partial charge in [-0.2, -0.15) is 0 Å². The van der Waals surface area contributed by atoms with E-state index in [-0.39, 0.29) is 18.4 Å². The number of aryl methyl sites for hydroxylation is 1. The molecule has 0 unspecified atom stereocenters. The van der Waals surface area contributed by atoms with Crippen molar-refractivity contribution in [2.45, 2.75) is 40.2 Å². The second-order valence-corrected chi connectivity index (χ2v) is 5.66. The Hall–Kier alpha value is -2.10. The zero-order chi connectivity index (χ0) is 15.4. The van der Waals surface area contributed by atoms with Crippen molar-refractivity contribution < 1.29 is 9.21 Å². The van der Waals surface area contributed by atoms with Gasteiger partial charge in [-0.05, 0) is 31.9 Å². The summed E-state index contributed by atoms with van der Waals surface area (Å²) in [7, 11) is 0.